The number of hydrogen-bond donors (Lipinski definition) is 3. The zero-order chi connectivity index (χ0) is 24.8. The number of aliphatic hydroxyl groups excluding tert-OH is 1. The van der Waals surface area contributed by atoms with Gasteiger partial charge < -0.3 is 19.3 Å². The predicted molar refractivity (Wildman–Crippen MR) is 137 cm³/mol. The molecule has 0 saturated carbocycles. The SMILES string of the molecule is C[SH](=O)=Nc1ccc(-c2ccc(-c3nc4[nH]c(O[C@@H]5CO[C@H]6[C@@H]5OC[C@H]6O)nc4cc3Cl)cc2)cc1. The number of imidazole rings is 1. The van der Waals surface area contributed by atoms with Crippen LogP contribution in [0.5, 0.6) is 6.01 Å². The first kappa shape index (κ1) is 23.4. The Morgan fingerprint density at radius 3 is 2.42 bits per heavy atom. The van der Waals surface area contributed by atoms with Gasteiger partial charge in [0.1, 0.15) is 23.8 Å². The summed E-state index contributed by atoms with van der Waals surface area (Å²) in [5.41, 5.74) is 5.35. The van der Waals surface area contributed by atoms with E-state index >= 15 is 0 Å². The van der Waals surface area contributed by atoms with Gasteiger partial charge in [-0.15, -0.1) is 0 Å². The third kappa shape index (κ3) is 4.46. The Morgan fingerprint density at radius 1 is 1.03 bits per heavy atom. The number of aromatic amines is 1. The van der Waals surface area contributed by atoms with E-state index in [1.165, 1.54) is 0 Å². The van der Waals surface area contributed by atoms with E-state index in [1.807, 2.05) is 48.5 Å². The fourth-order valence-electron chi connectivity index (χ4n) is 4.55. The van der Waals surface area contributed by atoms with Gasteiger partial charge in [0.25, 0.3) is 6.01 Å². The van der Waals surface area contributed by atoms with Gasteiger partial charge in [-0.1, -0.05) is 48.0 Å². The first-order chi connectivity index (χ1) is 17.4. The fourth-order valence-corrected chi connectivity index (χ4v) is 5.26. The number of halogens is 1. The molecular formula is C25H23ClN4O5S. The van der Waals surface area contributed by atoms with Crippen LogP contribution in [0.4, 0.5) is 5.69 Å². The van der Waals surface area contributed by atoms with Crippen molar-refractivity contribution in [2.45, 2.75) is 24.4 Å². The van der Waals surface area contributed by atoms with E-state index in [0.29, 0.717) is 40.2 Å². The average molecular weight is 527 g/mol. The van der Waals surface area contributed by atoms with Crippen molar-refractivity contribution in [2.24, 2.45) is 4.36 Å². The monoisotopic (exact) mass is 526 g/mol. The van der Waals surface area contributed by atoms with Crippen LogP contribution >= 0.6 is 11.6 Å². The van der Waals surface area contributed by atoms with E-state index in [2.05, 4.69) is 19.3 Å². The standard InChI is InChI=1S/C25H23ClN4O5S/c1-36(32)30-16-8-6-14(7-9-16)13-2-4-15(5-3-13)21-17(26)10-18-24(28-21)29-25(27-18)35-20-12-34-22-19(31)11-33-23(20)22/h2-10,19-20,22-23,31,36H,11-12H2,1H3,(H,27,28,29)/t19-,20-,22-,23-/m1/s1. The first-order valence-electron chi connectivity index (χ1n) is 11.4. The molecule has 0 aliphatic carbocycles. The smallest absolute Gasteiger partial charge is 0.296 e. The number of ether oxygens (including phenoxy) is 3. The molecule has 4 aromatic rings. The Bertz CT molecular complexity index is 1500. The Labute approximate surface area is 213 Å². The molecule has 2 N–H and O–H groups in total. The molecule has 0 bridgehead atoms. The maximum absolute atomic E-state index is 11.3. The van der Waals surface area contributed by atoms with Crippen LogP contribution in [0.1, 0.15) is 0 Å². The molecule has 2 aliphatic rings. The van der Waals surface area contributed by atoms with Crippen LogP contribution in [0, 0.1) is 0 Å². The van der Waals surface area contributed by atoms with Crippen LogP contribution in [0.15, 0.2) is 59.0 Å². The summed E-state index contributed by atoms with van der Waals surface area (Å²) in [5, 5.41) is 10.4. The summed E-state index contributed by atoms with van der Waals surface area (Å²) in [6.07, 6.45) is -0.150. The minimum atomic E-state index is -1.57. The lowest BCUT2D eigenvalue weighted by atomic mass is 10.0. The van der Waals surface area contributed by atoms with Crippen molar-refractivity contribution in [1.82, 2.24) is 15.0 Å². The molecule has 2 fully saturated rings. The number of aliphatic hydroxyl groups is 1. The van der Waals surface area contributed by atoms with E-state index in [0.717, 1.165) is 16.7 Å². The van der Waals surface area contributed by atoms with Crippen molar-refractivity contribution in [2.75, 3.05) is 19.5 Å². The summed E-state index contributed by atoms with van der Waals surface area (Å²) in [4.78, 5) is 12.2. The third-order valence-corrected chi connectivity index (χ3v) is 7.06. The number of H-pyrrole nitrogens is 1. The quantitative estimate of drug-likeness (QED) is 0.339. The Balaban J connectivity index is 1.22. The third-order valence-electron chi connectivity index (χ3n) is 6.26. The van der Waals surface area contributed by atoms with E-state index in [1.54, 1.807) is 12.3 Å². The van der Waals surface area contributed by atoms with Gasteiger partial charge in [0, 0.05) is 22.4 Å². The Hall–Kier alpha value is -3.02. The Morgan fingerprint density at radius 2 is 1.69 bits per heavy atom. The van der Waals surface area contributed by atoms with Crippen molar-refractivity contribution >= 4 is 39.0 Å². The second-order valence-electron chi connectivity index (χ2n) is 8.74. The molecule has 0 spiro atoms. The lowest BCUT2D eigenvalue weighted by Gasteiger charge is -2.15. The highest BCUT2D eigenvalue weighted by Gasteiger charge is 2.48. The molecule has 36 heavy (non-hydrogen) atoms. The number of thiol groups is 1. The minimum absolute atomic E-state index is 0.233. The summed E-state index contributed by atoms with van der Waals surface area (Å²) in [7, 11) is -1.57. The lowest BCUT2D eigenvalue weighted by molar-refractivity contribution is 0.00706. The van der Waals surface area contributed by atoms with Crippen LogP contribution in [0.3, 0.4) is 0 Å². The fraction of sp³-hybridized carbons (Fsp3) is 0.280. The molecule has 11 heteroatoms. The van der Waals surface area contributed by atoms with E-state index < -0.39 is 16.7 Å². The van der Waals surface area contributed by atoms with Crippen molar-refractivity contribution < 1.29 is 23.5 Å². The number of benzene rings is 2. The molecule has 1 unspecified atom stereocenters. The van der Waals surface area contributed by atoms with Gasteiger partial charge in [-0.25, -0.2) is 9.35 Å². The number of pyridine rings is 1. The molecule has 2 aliphatic heterocycles. The largest absolute Gasteiger partial charge is 0.456 e. The van der Waals surface area contributed by atoms with Crippen molar-refractivity contribution in [3.8, 4) is 28.4 Å². The number of nitrogens with zero attached hydrogens (tertiary/aromatic N) is 3. The van der Waals surface area contributed by atoms with Gasteiger partial charge in [-0.2, -0.15) is 4.98 Å². The molecule has 6 rings (SSSR count). The van der Waals surface area contributed by atoms with E-state index in [9.17, 15) is 9.32 Å². The number of nitrogens with one attached hydrogen (secondary N) is 1. The average Bonchev–Trinajstić information content (AvgIpc) is 3.55. The zero-order valence-electron chi connectivity index (χ0n) is 19.2. The van der Waals surface area contributed by atoms with E-state index in [-0.39, 0.29) is 24.9 Å². The molecule has 5 atom stereocenters. The predicted octanol–water partition coefficient (Wildman–Crippen LogP) is 3.78. The molecule has 2 aromatic heterocycles. The van der Waals surface area contributed by atoms with Gasteiger partial charge in [0.2, 0.25) is 0 Å². The first-order valence-corrected chi connectivity index (χ1v) is 13.5. The topological polar surface area (TPSA) is 119 Å². The number of fused-ring (bicyclic) bond motifs is 2. The number of rotatable bonds is 5. The summed E-state index contributed by atoms with van der Waals surface area (Å²) < 4.78 is 32.6. The maximum atomic E-state index is 11.3. The van der Waals surface area contributed by atoms with Gasteiger partial charge >= 0.3 is 0 Å². The molecular weight excluding hydrogens is 504 g/mol. The molecule has 0 radical (unpaired) electrons. The van der Waals surface area contributed by atoms with Crippen LogP contribution in [0.25, 0.3) is 33.5 Å². The summed E-state index contributed by atoms with van der Waals surface area (Å²) in [5.74, 6) is 0. The molecule has 4 heterocycles. The van der Waals surface area contributed by atoms with Crippen LogP contribution < -0.4 is 4.74 Å². The highest BCUT2D eigenvalue weighted by Crippen LogP contribution is 2.33. The minimum Gasteiger partial charge on any atom is -0.456 e. The van der Waals surface area contributed by atoms with E-state index in [4.69, 9.17) is 25.8 Å². The van der Waals surface area contributed by atoms with Crippen molar-refractivity contribution in [3.05, 3.63) is 59.6 Å². The second-order valence-corrected chi connectivity index (χ2v) is 10.3. The van der Waals surface area contributed by atoms with Gasteiger partial charge in [-0.05, 0) is 29.3 Å². The molecule has 186 valence electrons. The summed E-state index contributed by atoms with van der Waals surface area (Å²) in [6, 6.07) is 17.6. The molecule has 0 amide bonds. The van der Waals surface area contributed by atoms with Crippen LogP contribution in [-0.4, -0.2) is 68.2 Å². The summed E-state index contributed by atoms with van der Waals surface area (Å²) in [6.45, 7) is 0.544. The second kappa shape index (κ2) is 9.45. The van der Waals surface area contributed by atoms with Gasteiger partial charge in [0.15, 0.2) is 11.8 Å². The number of aromatic nitrogens is 3. The normalized spacial score (nSPS) is 24.3. The molecule has 9 nitrogen and oxygen atoms in total. The van der Waals surface area contributed by atoms with Crippen molar-refractivity contribution in [1.29, 1.82) is 0 Å². The van der Waals surface area contributed by atoms with Crippen molar-refractivity contribution in [3.63, 3.8) is 0 Å². The van der Waals surface area contributed by atoms with Crippen LogP contribution in [0.2, 0.25) is 5.02 Å². The Kier molecular flexibility index (Phi) is 6.14. The maximum Gasteiger partial charge on any atom is 0.296 e. The zero-order valence-corrected chi connectivity index (χ0v) is 20.8. The molecule has 2 saturated heterocycles. The lowest BCUT2D eigenvalue weighted by Crippen LogP contribution is -2.34. The highest BCUT2D eigenvalue weighted by molar-refractivity contribution is 7.74. The number of hydrogen-bond acceptors (Lipinski definition) is 8. The highest BCUT2D eigenvalue weighted by atomic mass is 35.5. The van der Waals surface area contributed by atoms with Gasteiger partial charge in [0.05, 0.1) is 29.6 Å². The summed E-state index contributed by atoms with van der Waals surface area (Å²) >= 11 is 6.56. The molecule has 2 aromatic carbocycles. The van der Waals surface area contributed by atoms with Crippen LogP contribution in [-0.2, 0) is 20.1 Å². The van der Waals surface area contributed by atoms with Gasteiger partial charge in [-0.3, -0.25) is 9.19 Å².